The summed E-state index contributed by atoms with van der Waals surface area (Å²) in [6, 6.07) is 15.1. The Kier molecular flexibility index (Phi) is 11.9. The Morgan fingerprint density at radius 2 is 1.00 bits per heavy atom. The third-order valence-corrected chi connectivity index (χ3v) is 5.04. The summed E-state index contributed by atoms with van der Waals surface area (Å²) in [6.45, 7) is 1.33. The van der Waals surface area contributed by atoms with Gasteiger partial charge in [0.1, 0.15) is 11.5 Å². The van der Waals surface area contributed by atoms with Crippen molar-refractivity contribution in [1.29, 1.82) is 0 Å². The molecule has 2 amide bonds. The molecule has 0 spiro atoms. The maximum Gasteiger partial charge on any atom is 0.243 e. The van der Waals surface area contributed by atoms with Gasteiger partial charge in [-0.2, -0.15) is 0 Å². The molecule has 2 aromatic rings. The number of carbonyl (C=O) groups excluding carboxylic acids is 2. The molecule has 0 fully saturated rings. The highest BCUT2D eigenvalue weighted by Gasteiger charge is 1.98. The lowest BCUT2D eigenvalue weighted by atomic mass is 10.1. The summed E-state index contributed by atoms with van der Waals surface area (Å²) >= 11 is 0. The first kappa shape index (κ1) is 25.7. The van der Waals surface area contributed by atoms with Crippen molar-refractivity contribution in [2.75, 3.05) is 27.3 Å². The van der Waals surface area contributed by atoms with E-state index in [1.54, 1.807) is 38.5 Å². The minimum Gasteiger partial charge on any atom is -0.497 e. The standard InChI is InChI=1S/C27H34N2O4/c1-32-24-14-8-22(9-15-24)12-18-26(30)28-20-6-4-3-5-7-21-29-27(31)19-13-23-10-16-25(33-2)17-11-23/h8-19H,3-7,20-21H2,1-2H3,(H,28,30)(H,29,31)/b18-12+,19-13+. The van der Waals surface area contributed by atoms with Gasteiger partial charge < -0.3 is 20.1 Å². The van der Waals surface area contributed by atoms with Gasteiger partial charge >= 0.3 is 0 Å². The van der Waals surface area contributed by atoms with Gasteiger partial charge in [0.15, 0.2) is 0 Å². The van der Waals surface area contributed by atoms with Gasteiger partial charge in [-0.15, -0.1) is 0 Å². The van der Waals surface area contributed by atoms with Crippen molar-refractivity contribution in [1.82, 2.24) is 10.6 Å². The normalized spacial score (nSPS) is 11.0. The Hall–Kier alpha value is -3.54. The quantitative estimate of drug-likeness (QED) is 0.325. The molecule has 0 radical (unpaired) electrons. The fourth-order valence-electron chi connectivity index (χ4n) is 3.10. The number of nitrogens with one attached hydrogen (secondary N) is 2. The first-order chi connectivity index (χ1) is 16.1. The van der Waals surface area contributed by atoms with Crippen molar-refractivity contribution in [2.45, 2.75) is 32.1 Å². The van der Waals surface area contributed by atoms with E-state index >= 15 is 0 Å². The van der Waals surface area contributed by atoms with Crippen LogP contribution in [0, 0.1) is 0 Å². The molecule has 6 nitrogen and oxygen atoms in total. The largest absolute Gasteiger partial charge is 0.497 e. The van der Waals surface area contributed by atoms with Gasteiger partial charge in [-0.25, -0.2) is 0 Å². The van der Waals surface area contributed by atoms with Gasteiger partial charge in [-0.3, -0.25) is 9.59 Å². The highest BCUT2D eigenvalue weighted by molar-refractivity contribution is 5.92. The Labute approximate surface area is 196 Å². The van der Waals surface area contributed by atoms with E-state index in [0.717, 1.165) is 54.7 Å². The van der Waals surface area contributed by atoms with Crippen LogP contribution < -0.4 is 20.1 Å². The average Bonchev–Trinajstić information content (AvgIpc) is 2.85. The number of rotatable bonds is 14. The molecule has 6 heteroatoms. The lowest BCUT2D eigenvalue weighted by Gasteiger charge is -2.04. The second-order valence-electron chi connectivity index (χ2n) is 7.56. The lowest BCUT2D eigenvalue weighted by molar-refractivity contribution is -0.117. The van der Waals surface area contributed by atoms with E-state index in [-0.39, 0.29) is 11.8 Å². The van der Waals surface area contributed by atoms with Crippen LogP contribution in [0.3, 0.4) is 0 Å². The third kappa shape index (κ3) is 11.1. The second-order valence-corrected chi connectivity index (χ2v) is 7.56. The van der Waals surface area contributed by atoms with Gasteiger partial charge in [0.05, 0.1) is 14.2 Å². The number of unbranched alkanes of at least 4 members (excludes halogenated alkanes) is 4. The van der Waals surface area contributed by atoms with E-state index in [1.807, 2.05) is 48.5 Å². The van der Waals surface area contributed by atoms with Crippen molar-refractivity contribution < 1.29 is 19.1 Å². The lowest BCUT2D eigenvalue weighted by Crippen LogP contribution is -2.22. The SMILES string of the molecule is COc1ccc(/C=C/C(=O)NCCCCCCCNC(=O)/C=C/c2ccc(OC)cc2)cc1. The third-order valence-electron chi connectivity index (χ3n) is 5.04. The van der Waals surface area contributed by atoms with Crippen molar-refractivity contribution in [3.63, 3.8) is 0 Å². The van der Waals surface area contributed by atoms with Crippen LogP contribution in [0.15, 0.2) is 60.7 Å². The van der Waals surface area contributed by atoms with E-state index in [4.69, 9.17) is 9.47 Å². The Morgan fingerprint density at radius 3 is 1.36 bits per heavy atom. The Bertz CT molecular complexity index is 827. The summed E-state index contributed by atoms with van der Waals surface area (Å²) in [6.07, 6.45) is 11.7. The molecule has 0 aliphatic rings. The molecular formula is C27H34N2O4. The number of methoxy groups -OCH3 is 2. The summed E-state index contributed by atoms with van der Waals surface area (Å²) in [7, 11) is 3.25. The number of hydrogen-bond donors (Lipinski definition) is 2. The van der Waals surface area contributed by atoms with E-state index in [1.165, 1.54) is 0 Å². The molecule has 0 aliphatic heterocycles. The molecule has 0 aliphatic carbocycles. The number of benzene rings is 2. The van der Waals surface area contributed by atoms with Gasteiger partial charge in [0.25, 0.3) is 0 Å². The maximum atomic E-state index is 11.9. The van der Waals surface area contributed by atoms with E-state index in [0.29, 0.717) is 13.1 Å². The van der Waals surface area contributed by atoms with E-state index < -0.39 is 0 Å². The molecule has 0 aromatic heterocycles. The van der Waals surface area contributed by atoms with Crippen LogP contribution in [0.4, 0.5) is 0 Å². The van der Waals surface area contributed by atoms with Crippen molar-refractivity contribution >= 4 is 24.0 Å². The number of hydrogen-bond acceptors (Lipinski definition) is 4. The predicted molar refractivity (Wildman–Crippen MR) is 133 cm³/mol. The summed E-state index contributed by atoms with van der Waals surface area (Å²) < 4.78 is 10.2. The van der Waals surface area contributed by atoms with Crippen molar-refractivity contribution in [3.8, 4) is 11.5 Å². The molecule has 2 N–H and O–H groups in total. The Balaban J connectivity index is 1.46. The summed E-state index contributed by atoms with van der Waals surface area (Å²) in [5.74, 6) is 1.41. The molecule has 0 atom stereocenters. The van der Waals surface area contributed by atoms with E-state index in [2.05, 4.69) is 10.6 Å². The van der Waals surface area contributed by atoms with Crippen LogP contribution in [0.25, 0.3) is 12.2 Å². The number of amides is 2. The average molecular weight is 451 g/mol. The summed E-state index contributed by atoms with van der Waals surface area (Å²) in [4.78, 5) is 23.8. The molecule has 0 unspecified atom stereocenters. The van der Waals surface area contributed by atoms with Crippen molar-refractivity contribution in [3.05, 3.63) is 71.8 Å². The number of ether oxygens (including phenoxy) is 2. The van der Waals surface area contributed by atoms with Gasteiger partial charge in [0, 0.05) is 25.2 Å². The second kappa shape index (κ2) is 15.3. The monoisotopic (exact) mass is 450 g/mol. The maximum absolute atomic E-state index is 11.9. The first-order valence-corrected chi connectivity index (χ1v) is 11.3. The van der Waals surface area contributed by atoms with E-state index in [9.17, 15) is 9.59 Å². The number of carbonyl (C=O) groups is 2. The molecule has 33 heavy (non-hydrogen) atoms. The van der Waals surface area contributed by atoms with Crippen LogP contribution in [0.1, 0.15) is 43.2 Å². The molecular weight excluding hydrogens is 416 g/mol. The molecule has 176 valence electrons. The van der Waals surface area contributed by atoms with Gasteiger partial charge in [-0.05, 0) is 60.4 Å². The molecule has 0 saturated heterocycles. The van der Waals surface area contributed by atoms with Crippen LogP contribution in [-0.4, -0.2) is 39.1 Å². The summed E-state index contributed by atoms with van der Waals surface area (Å²) in [5, 5.41) is 5.81. The van der Waals surface area contributed by atoms with Crippen LogP contribution in [-0.2, 0) is 9.59 Å². The minimum absolute atomic E-state index is 0.0868. The molecule has 0 saturated carbocycles. The molecule has 2 rings (SSSR count). The highest BCUT2D eigenvalue weighted by atomic mass is 16.5. The molecule has 0 bridgehead atoms. The smallest absolute Gasteiger partial charge is 0.243 e. The fraction of sp³-hybridized carbons (Fsp3) is 0.333. The predicted octanol–water partition coefficient (Wildman–Crippen LogP) is 4.61. The Morgan fingerprint density at radius 1 is 0.636 bits per heavy atom. The highest BCUT2D eigenvalue weighted by Crippen LogP contribution is 2.13. The van der Waals surface area contributed by atoms with Gasteiger partial charge in [-0.1, -0.05) is 43.5 Å². The topological polar surface area (TPSA) is 76.7 Å². The zero-order chi connectivity index (χ0) is 23.7. The zero-order valence-corrected chi connectivity index (χ0v) is 19.5. The zero-order valence-electron chi connectivity index (χ0n) is 19.5. The van der Waals surface area contributed by atoms with Crippen LogP contribution in [0.2, 0.25) is 0 Å². The van der Waals surface area contributed by atoms with Crippen molar-refractivity contribution in [2.24, 2.45) is 0 Å². The van der Waals surface area contributed by atoms with Crippen LogP contribution in [0.5, 0.6) is 11.5 Å². The van der Waals surface area contributed by atoms with Crippen LogP contribution >= 0.6 is 0 Å². The minimum atomic E-state index is -0.0868. The van der Waals surface area contributed by atoms with Gasteiger partial charge in [0.2, 0.25) is 11.8 Å². The molecule has 2 aromatic carbocycles. The summed E-state index contributed by atoms with van der Waals surface area (Å²) in [5.41, 5.74) is 1.91. The fourth-order valence-corrected chi connectivity index (χ4v) is 3.10. The first-order valence-electron chi connectivity index (χ1n) is 11.3. The molecule has 0 heterocycles.